The van der Waals surface area contributed by atoms with E-state index in [1.807, 2.05) is 29.2 Å². The van der Waals surface area contributed by atoms with Crippen LogP contribution in [0.3, 0.4) is 0 Å². The largest absolute Gasteiger partial charge is 0.497 e. The molecule has 0 saturated carbocycles. The fraction of sp³-hybridized carbons (Fsp3) is 0.462. The Morgan fingerprint density at radius 1 is 1.59 bits per heavy atom. The van der Waals surface area contributed by atoms with Crippen LogP contribution in [0.25, 0.3) is 0 Å². The molecule has 1 atom stereocenters. The van der Waals surface area contributed by atoms with Crippen molar-refractivity contribution in [3.8, 4) is 5.75 Å². The molecule has 17 heavy (non-hydrogen) atoms. The first-order valence-corrected chi connectivity index (χ1v) is 5.80. The van der Waals surface area contributed by atoms with Crippen LogP contribution in [0.1, 0.15) is 24.4 Å². The number of benzene rings is 1. The summed E-state index contributed by atoms with van der Waals surface area (Å²) in [4.78, 5) is 12.8. The minimum atomic E-state index is -0.764. The normalized spacial score (nSPS) is 20.4. The maximum absolute atomic E-state index is 10.8. The maximum Gasteiger partial charge on any atom is 0.317 e. The van der Waals surface area contributed by atoms with Gasteiger partial charge in [-0.25, -0.2) is 0 Å². The molecule has 0 bridgehead atoms. The molecule has 0 amide bonds. The van der Waals surface area contributed by atoms with Gasteiger partial charge in [-0.2, -0.15) is 0 Å². The Labute approximate surface area is 101 Å². The fourth-order valence-electron chi connectivity index (χ4n) is 2.42. The van der Waals surface area contributed by atoms with Crippen molar-refractivity contribution in [3.63, 3.8) is 0 Å². The van der Waals surface area contributed by atoms with E-state index in [-0.39, 0.29) is 12.6 Å². The molecular formula is C13H17NO3. The number of methoxy groups -OCH3 is 1. The molecule has 1 aliphatic rings. The summed E-state index contributed by atoms with van der Waals surface area (Å²) < 4.78 is 5.20. The van der Waals surface area contributed by atoms with Crippen LogP contribution in [0.4, 0.5) is 0 Å². The summed E-state index contributed by atoms with van der Waals surface area (Å²) >= 11 is 0. The Kier molecular flexibility index (Phi) is 3.64. The second-order valence-electron chi connectivity index (χ2n) is 4.30. The molecule has 0 aromatic heterocycles. The highest BCUT2D eigenvalue weighted by Crippen LogP contribution is 2.32. The summed E-state index contributed by atoms with van der Waals surface area (Å²) in [5.74, 6) is 0.0597. The van der Waals surface area contributed by atoms with Gasteiger partial charge in [0.15, 0.2) is 0 Å². The van der Waals surface area contributed by atoms with Crippen molar-refractivity contribution in [1.29, 1.82) is 0 Å². The van der Waals surface area contributed by atoms with Gasteiger partial charge in [-0.1, -0.05) is 12.1 Å². The lowest BCUT2D eigenvalue weighted by Gasteiger charge is -2.23. The first-order valence-electron chi connectivity index (χ1n) is 5.80. The molecule has 1 aliphatic heterocycles. The molecular weight excluding hydrogens is 218 g/mol. The van der Waals surface area contributed by atoms with E-state index in [0.29, 0.717) is 0 Å². The van der Waals surface area contributed by atoms with Gasteiger partial charge in [0.05, 0.1) is 13.7 Å². The summed E-state index contributed by atoms with van der Waals surface area (Å²) in [5, 5.41) is 8.87. The van der Waals surface area contributed by atoms with Crippen molar-refractivity contribution in [2.75, 3.05) is 20.2 Å². The van der Waals surface area contributed by atoms with Gasteiger partial charge in [-0.15, -0.1) is 0 Å². The highest BCUT2D eigenvalue weighted by atomic mass is 16.5. The minimum Gasteiger partial charge on any atom is -0.497 e. The molecule has 0 unspecified atom stereocenters. The van der Waals surface area contributed by atoms with Crippen molar-refractivity contribution in [2.24, 2.45) is 0 Å². The highest BCUT2D eigenvalue weighted by Gasteiger charge is 2.27. The summed E-state index contributed by atoms with van der Waals surface area (Å²) in [6.45, 7) is 0.968. The topological polar surface area (TPSA) is 49.8 Å². The van der Waals surface area contributed by atoms with E-state index in [9.17, 15) is 4.79 Å². The molecule has 0 aliphatic carbocycles. The molecule has 2 rings (SSSR count). The van der Waals surface area contributed by atoms with Gasteiger partial charge in [0.1, 0.15) is 5.75 Å². The van der Waals surface area contributed by atoms with Gasteiger partial charge in [0.25, 0.3) is 0 Å². The average Bonchev–Trinajstić information content (AvgIpc) is 2.76. The molecule has 1 N–H and O–H groups in total. The van der Waals surface area contributed by atoms with Crippen LogP contribution in [-0.2, 0) is 4.79 Å². The second kappa shape index (κ2) is 5.19. The molecule has 1 aromatic rings. The first kappa shape index (κ1) is 11.9. The Balaban J connectivity index is 2.16. The number of nitrogens with zero attached hydrogens (tertiary/aromatic N) is 1. The zero-order valence-corrected chi connectivity index (χ0v) is 9.93. The Hall–Kier alpha value is -1.55. The molecule has 1 saturated heterocycles. The standard InChI is InChI=1S/C13H17NO3/c1-17-11-5-2-4-10(8-11)12-6-3-7-14(12)9-13(15)16/h2,4-5,8,12H,3,6-7,9H2,1H3,(H,15,16)/t12-/m1/s1. The van der Waals surface area contributed by atoms with E-state index in [4.69, 9.17) is 9.84 Å². The number of rotatable bonds is 4. The minimum absolute atomic E-state index is 0.113. The van der Waals surface area contributed by atoms with Crippen molar-refractivity contribution >= 4 is 5.97 Å². The second-order valence-corrected chi connectivity index (χ2v) is 4.30. The van der Waals surface area contributed by atoms with Gasteiger partial charge in [0.2, 0.25) is 0 Å². The van der Waals surface area contributed by atoms with Crippen molar-refractivity contribution in [3.05, 3.63) is 29.8 Å². The van der Waals surface area contributed by atoms with Crippen molar-refractivity contribution in [2.45, 2.75) is 18.9 Å². The van der Waals surface area contributed by atoms with Gasteiger partial charge < -0.3 is 9.84 Å². The van der Waals surface area contributed by atoms with E-state index >= 15 is 0 Å². The highest BCUT2D eigenvalue weighted by molar-refractivity contribution is 5.69. The summed E-state index contributed by atoms with van der Waals surface area (Å²) in [5.41, 5.74) is 1.14. The quantitative estimate of drug-likeness (QED) is 0.866. The average molecular weight is 235 g/mol. The smallest absolute Gasteiger partial charge is 0.317 e. The predicted molar refractivity (Wildman–Crippen MR) is 64.2 cm³/mol. The van der Waals surface area contributed by atoms with Crippen LogP contribution in [0.5, 0.6) is 5.75 Å². The van der Waals surface area contributed by atoms with Gasteiger partial charge in [-0.3, -0.25) is 9.69 Å². The monoisotopic (exact) mass is 235 g/mol. The number of ether oxygens (including phenoxy) is 1. The van der Waals surface area contributed by atoms with Crippen LogP contribution in [0.15, 0.2) is 24.3 Å². The zero-order chi connectivity index (χ0) is 12.3. The molecule has 1 heterocycles. The number of likely N-dealkylation sites (tertiary alicyclic amines) is 1. The van der Waals surface area contributed by atoms with E-state index in [2.05, 4.69) is 0 Å². The first-order chi connectivity index (χ1) is 8.20. The lowest BCUT2D eigenvalue weighted by molar-refractivity contribution is -0.138. The van der Waals surface area contributed by atoms with Crippen LogP contribution in [0, 0.1) is 0 Å². The predicted octanol–water partition coefficient (Wildman–Crippen LogP) is 1.92. The molecule has 4 heteroatoms. The van der Waals surface area contributed by atoms with Crippen LogP contribution in [-0.4, -0.2) is 36.2 Å². The van der Waals surface area contributed by atoms with Gasteiger partial charge in [-0.05, 0) is 37.1 Å². The SMILES string of the molecule is COc1cccc([C@H]2CCCN2CC(=O)O)c1. The zero-order valence-electron chi connectivity index (χ0n) is 9.93. The Morgan fingerprint density at radius 3 is 3.12 bits per heavy atom. The molecule has 1 aromatic carbocycles. The number of carbonyl (C=O) groups is 1. The third kappa shape index (κ3) is 2.77. The summed E-state index contributed by atoms with van der Waals surface area (Å²) in [6.07, 6.45) is 2.07. The Morgan fingerprint density at radius 2 is 2.41 bits per heavy atom. The number of carboxylic acids is 1. The lowest BCUT2D eigenvalue weighted by Crippen LogP contribution is -2.29. The van der Waals surface area contributed by atoms with Crippen LogP contribution < -0.4 is 4.74 Å². The number of aliphatic carboxylic acids is 1. The third-order valence-electron chi connectivity index (χ3n) is 3.18. The number of hydrogen-bond acceptors (Lipinski definition) is 3. The van der Waals surface area contributed by atoms with E-state index in [1.165, 1.54) is 0 Å². The molecule has 92 valence electrons. The number of hydrogen-bond donors (Lipinski definition) is 1. The van der Waals surface area contributed by atoms with Gasteiger partial charge >= 0.3 is 5.97 Å². The summed E-state index contributed by atoms with van der Waals surface area (Å²) in [7, 11) is 1.64. The maximum atomic E-state index is 10.8. The van der Waals surface area contributed by atoms with Crippen molar-refractivity contribution in [1.82, 2.24) is 4.90 Å². The number of carboxylic acid groups (broad SMARTS) is 1. The lowest BCUT2D eigenvalue weighted by atomic mass is 10.0. The molecule has 4 nitrogen and oxygen atoms in total. The van der Waals surface area contributed by atoms with E-state index in [1.54, 1.807) is 7.11 Å². The third-order valence-corrected chi connectivity index (χ3v) is 3.18. The van der Waals surface area contributed by atoms with Gasteiger partial charge in [0, 0.05) is 6.04 Å². The molecule has 1 fully saturated rings. The molecule has 0 spiro atoms. The van der Waals surface area contributed by atoms with Crippen LogP contribution in [0.2, 0.25) is 0 Å². The van der Waals surface area contributed by atoms with Crippen LogP contribution >= 0.6 is 0 Å². The van der Waals surface area contributed by atoms with E-state index in [0.717, 1.165) is 30.7 Å². The van der Waals surface area contributed by atoms with E-state index < -0.39 is 5.97 Å². The fourth-order valence-corrected chi connectivity index (χ4v) is 2.42. The molecule has 0 radical (unpaired) electrons. The Bertz CT molecular complexity index is 405. The van der Waals surface area contributed by atoms with Crippen molar-refractivity contribution < 1.29 is 14.6 Å². The summed E-state index contributed by atoms with van der Waals surface area (Å²) in [6, 6.07) is 8.09.